The van der Waals surface area contributed by atoms with Gasteiger partial charge in [0.1, 0.15) is 5.82 Å². The molecule has 0 saturated heterocycles. The van der Waals surface area contributed by atoms with Gasteiger partial charge < -0.3 is 0 Å². The summed E-state index contributed by atoms with van der Waals surface area (Å²) in [5, 5.41) is 0. The zero-order valence-corrected chi connectivity index (χ0v) is 10.7. The van der Waals surface area contributed by atoms with Crippen LogP contribution in [0.3, 0.4) is 0 Å². The molecule has 1 aromatic carbocycles. The van der Waals surface area contributed by atoms with Crippen LogP contribution in [0, 0.1) is 11.2 Å². The molecule has 1 aromatic rings. The van der Waals surface area contributed by atoms with E-state index in [1.54, 1.807) is 0 Å². The summed E-state index contributed by atoms with van der Waals surface area (Å²) in [5.74, 6) is 0.509. The lowest BCUT2D eigenvalue weighted by Gasteiger charge is -2.40. The van der Waals surface area contributed by atoms with Crippen LogP contribution in [0.4, 0.5) is 4.39 Å². The molecule has 1 saturated carbocycles. The highest BCUT2D eigenvalue weighted by Crippen LogP contribution is 2.44. The van der Waals surface area contributed by atoms with Gasteiger partial charge in [0.25, 0.3) is 0 Å². The molecule has 0 radical (unpaired) electrons. The topological polar surface area (TPSA) is 0 Å². The average Bonchev–Trinajstić information content (AvgIpc) is 2.17. The molecule has 1 aliphatic rings. The lowest BCUT2D eigenvalue weighted by atomic mass is 9.67. The van der Waals surface area contributed by atoms with E-state index in [9.17, 15) is 4.39 Å². The highest BCUT2D eigenvalue weighted by Gasteiger charge is 2.36. The summed E-state index contributed by atoms with van der Waals surface area (Å²) < 4.78 is 13.6. The predicted molar refractivity (Wildman–Crippen MR) is 64.8 cm³/mol. The molecule has 0 unspecified atom stereocenters. The highest BCUT2D eigenvalue weighted by molar-refractivity contribution is 9.10. The summed E-state index contributed by atoms with van der Waals surface area (Å²) in [6, 6.07) is 5.23. The van der Waals surface area contributed by atoms with Gasteiger partial charge in [-0.25, -0.2) is 4.39 Å². The maximum atomic E-state index is 13.0. The van der Waals surface area contributed by atoms with Gasteiger partial charge >= 0.3 is 0 Å². The van der Waals surface area contributed by atoms with Gasteiger partial charge in [0.05, 0.1) is 4.47 Å². The molecule has 0 atom stereocenters. The Labute approximate surface area is 103 Å². The van der Waals surface area contributed by atoms with E-state index in [-0.39, 0.29) is 11.2 Å². The van der Waals surface area contributed by atoms with Crippen molar-refractivity contribution in [1.29, 1.82) is 0 Å². The van der Waals surface area contributed by atoms with E-state index < -0.39 is 0 Å². The smallest absolute Gasteiger partial charge is 0.137 e. The van der Waals surface area contributed by atoms with Gasteiger partial charge in [0.2, 0.25) is 0 Å². The second-order valence-corrected chi connectivity index (χ2v) is 5.53. The zero-order valence-electron chi connectivity index (χ0n) is 8.40. The molecule has 82 valence electrons. The van der Waals surface area contributed by atoms with E-state index in [0.29, 0.717) is 10.4 Å². The molecule has 0 bridgehead atoms. The van der Waals surface area contributed by atoms with Crippen molar-refractivity contribution in [3.63, 3.8) is 0 Å². The van der Waals surface area contributed by atoms with Gasteiger partial charge in [0.15, 0.2) is 0 Å². The van der Waals surface area contributed by atoms with Crippen molar-refractivity contribution in [3.8, 4) is 0 Å². The van der Waals surface area contributed by atoms with Crippen molar-refractivity contribution >= 4 is 27.5 Å². The third-order valence-electron chi connectivity index (χ3n) is 3.26. The van der Waals surface area contributed by atoms with E-state index in [0.717, 1.165) is 6.42 Å². The Kier molecular flexibility index (Phi) is 3.36. The van der Waals surface area contributed by atoms with Crippen LogP contribution in [0.5, 0.6) is 0 Å². The van der Waals surface area contributed by atoms with Crippen molar-refractivity contribution in [1.82, 2.24) is 0 Å². The molecular weight excluding hydrogens is 278 g/mol. The zero-order chi connectivity index (χ0) is 10.9. The fourth-order valence-electron chi connectivity index (χ4n) is 2.12. The highest BCUT2D eigenvalue weighted by atomic mass is 79.9. The number of benzene rings is 1. The summed E-state index contributed by atoms with van der Waals surface area (Å²) in [6.45, 7) is 0. The van der Waals surface area contributed by atoms with Gasteiger partial charge in [-0.05, 0) is 58.3 Å². The molecule has 15 heavy (non-hydrogen) atoms. The van der Waals surface area contributed by atoms with E-state index in [1.807, 2.05) is 12.1 Å². The van der Waals surface area contributed by atoms with Crippen LogP contribution in [0.15, 0.2) is 22.7 Å². The SMILES string of the molecule is Fc1ccc(CC2(CCl)CCC2)cc1Br. The lowest BCUT2D eigenvalue weighted by Crippen LogP contribution is -2.33. The molecular formula is C12H13BrClF. The van der Waals surface area contributed by atoms with Crippen LogP contribution < -0.4 is 0 Å². The summed E-state index contributed by atoms with van der Waals surface area (Å²) in [5.41, 5.74) is 1.45. The Morgan fingerprint density at radius 1 is 1.40 bits per heavy atom. The van der Waals surface area contributed by atoms with Crippen molar-refractivity contribution in [3.05, 3.63) is 34.1 Å². The summed E-state index contributed by atoms with van der Waals surface area (Å²) in [7, 11) is 0. The van der Waals surface area contributed by atoms with Crippen molar-refractivity contribution in [2.24, 2.45) is 5.41 Å². The molecule has 2 rings (SSSR count). The number of rotatable bonds is 3. The molecule has 0 aromatic heterocycles. The number of alkyl halides is 1. The molecule has 0 heterocycles. The standard InChI is InChI=1S/C12H13BrClF/c13-10-6-9(2-3-11(10)15)7-12(8-14)4-1-5-12/h2-3,6H,1,4-5,7-8H2. The maximum Gasteiger partial charge on any atom is 0.137 e. The van der Waals surface area contributed by atoms with Gasteiger partial charge in [-0.2, -0.15) is 0 Å². The van der Waals surface area contributed by atoms with E-state index >= 15 is 0 Å². The first-order valence-electron chi connectivity index (χ1n) is 5.15. The lowest BCUT2D eigenvalue weighted by molar-refractivity contribution is 0.166. The minimum absolute atomic E-state index is 0.202. The Bertz CT molecular complexity index is 355. The molecule has 0 amide bonds. The molecule has 0 N–H and O–H groups in total. The Hall–Kier alpha value is -0.0800. The van der Waals surface area contributed by atoms with Crippen LogP contribution in [0.2, 0.25) is 0 Å². The van der Waals surface area contributed by atoms with Crippen molar-refractivity contribution in [2.75, 3.05) is 5.88 Å². The summed E-state index contributed by atoms with van der Waals surface area (Å²) in [4.78, 5) is 0. The van der Waals surface area contributed by atoms with Gasteiger partial charge in [0, 0.05) is 5.88 Å². The van der Waals surface area contributed by atoms with E-state index in [1.165, 1.54) is 30.9 Å². The van der Waals surface area contributed by atoms with Gasteiger partial charge in [-0.3, -0.25) is 0 Å². The minimum atomic E-state index is -0.202. The molecule has 1 aliphatic carbocycles. The van der Waals surface area contributed by atoms with Crippen LogP contribution in [-0.4, -0.2) is 5.88 Å². The summed E-state index contributed by atoms with van der Waals surface area (Å²) >= 11 is 9.20. The Balaban J connectivity index is 2.13. The van der Waals surface area contributed by atoms with Crippen LogP contribution in [0.1, 0.15) is 24.8 Å². The van der Waals surface area contributed by atoms with Gasteiger partial charge in [-0.1, -0.05) is 12.5 Å². The van der Waals surface area contributed by atoms with Crippen molar-refractivity contribution < 1.29 is 4.39 Å². The molecule has 0 spiro atoms. The number of hydrogen-bond donors (Lipinski definition) is 0. The van der Waals surface area contributed by atoms with E-state index in [2.05, 4.69) is 15.9 Å². The first kappa shape index (κ1) is 11.4. The Morgan fingerprint density at radius 3 is 2.60 bits per heavy atom. The second-order valence-electron chi connectivity index (χ2n) is 4.41. The third kappa shape index (κ3) is 2.36. The monoisotopic (exact) mass is 290 g/mol. The molecule has 1 fully saturated rings. The molecule has 0 nitrogen and oxygen atoms in total. The minimum Gasteiger partial charge on any atom is -0.206 e. The summed E-state index contributed by atoms with van der Waals surface area (Å²) in [6.07, 6.45) is 4.64. The van der Waals surface area contributed by atoms with E-state index in [4.69, 9.17) is 11.6 Å². The van der Waals surface area contributed by atoms with Crippen LogP contribution in [0.25, 0.3) is 0 Å². The molecule has 0 aliphatic heterocycles. The number of halogens is 3. The Morgan fingerprint density at radius 2 is 2.13 bits per heavy atom. The first-order valence-corrected chi connectivity index (χ1v) is 6.48. The van der Waals surface area contributed by atoms with Crippen molar-refractivity contribution in [2.45, 2.75) is 25.7 Å². The first-order chi connectivity index (χ1) is 7.15. The fourth-order valence-corrected chi connectivity index (χ4v) is 2.90. The maximum absolute atomic E-state index is 13.0. The normalized spacial score (nSPS) is 18.6. The third-order valence-corrected chi connectivity index (χ3v) is 4.44. The predicted octanol–water partition coefficient (Wildman–Crippen LogP) is 4.54. The van der Waals surface area contributed by atoms with Crippen LogP contribution >= 0.6 is 27.5 Å². The fraction of sp³-hybridized carbons (Fsp3) is 0.500. The molecule has 3 heteroatoms. The number of hydrogen-bond acceptors (Lipinski definition) is 0. The van der Waals surface area contributed by atoms with Gasteiger partial charge in [-0.15, -0.1) is 11.6 Å². The largest absolute Gasteiger partial charge is 0.206 e. The van der Waals surface area contributed by atoms with Crippen LogP contribution in [-0.2, 0) is 6.42 Å². The quantitative estimate of drug-likeness (QED) is 0.717. The second kappa shape index (κ2) is 4.42. The average molecular weight is 292 g/mol.